The number of amides is 1. The van der Waals surface area contributed by atoms with Gasteiger partial charge >= 0.3 is 6.18 Å². The van der Waals surface area contributed by atoms with Gasteiger partial charge in [0.2, 0.25) is 5.91 Å². The third kappa shape index (κ3) is 4.94. The second kappa shape index (κ2) is 8.36. The van der Waals surface area contributed by atoms with E-state index in [-0.39, 0.29) is 10.9 Å². The third-order valence-corrected chi connectivity index (χ3v) is 4.76. The Kier molecular flexibility index (Phi) is 5.89. The van der Waals surface area contributed by atoms with Crippen LogP contribution in [-0.4, -0.2) is 33.9 Å². The van der Waals surface area contributed by atoms with E-state index in [0.29, 0.717) is 22.2 Å². The summed E-state index contributed by atoms with van der Waals surface area (Å²) < 4.78 is 38.0. The first-order valence-corrected chi connectivity index (χ1v) is 9.25. The normalized spacial score (nSPS) is 11.2. The lowest BCUT2D eigenvalue weighted by molar-refractivity contribution is -0.136. The number of aromatic nitrogens is 2. The number of hydrogen-bond acceptors (Lipinski definition) is 5. The van der Waals surface area contributed by atoms with E-state index in [4.69, 9.17) is 5.26 Å². The zero-order chi connectivity index (χ0) is 21.0. The molecule has 0 radical (unpaired) electrons. The summed E-state index contributed by atoms with van der Waals surface area (Å²) in [6.07, 6.45) is -4.51. The maximum atomic E-state index is 13.0. The highest BCUT2D eigenvalue weighted by atomic mass is 32.2. The van der Waals surface area contributed by atoms with Gasteiger partial charge in [-0.1, -0.05) is 23.9 Å². The SMILES string of the molecule is N#Cc1ccc(-n2c(SCC(=O)NCC(F)(F)F)nc3ccccc3c2=O)cc1. The van der Waals surface area contributed by atoms with Crippen molar-refractivity contribution in [1.29, 1.82) is 5.26 Å². The Balaban J connectivity index is 1.97. The molecular formula is C19H13F3N4O2S. The number of carbonyl (C=O) groups excluding carboxylic acids is 1. The molecule has 1 N–H and O–H groups in total. The quantitative estimate of drug-likeness (QED) is 0.508. The molecule has 3 rings (SSSR count). The smallest absolute Gasteiger partial charge is 0.346 e. The van der Waals surface area contributed by atoms with E-state index >= 15 is 0 Å². The first-order chi connectivity index (χ1) is 13.8. The standard InChI is InChI=1S/C19H13F3N4O2S/c20-19(21,22)11-24-16(27)10-29-18-25-15-4-2-1-3-14(15)17(28)26(18)13-7-5-12(9-23)6-8-13/h1-8H,10-11H2,(H,24,27). The predicted molar refractivity (Wildman–Crippen MR) is 102 cm³/mol. The number of nitriles is 1. The van der Waals surface area contributed by atoms with Crippen LogP contribution in [-0.2, 0) is 4.79 Å². The van der Waals surface area contributed by atoms with Gasteiger partial charge in [0, 0.05) is 0 Å². The van der Waals surface area contributed by atoms with Crippen LogP contribution in [0.5, 0.6) is 0 Å². The average molecular weight is 418 g/mol. The summed E-state index contributed by atoms with van der Waals surface area (Å²) >= 11 is 0.847. The summed E-state index contributed by atoms with van der Waals surface area (Å²) in [4.78, 5) is 29.2. The summed E-state index contributed by atoms with van der Waals surface area (Å²) in [7, 11) is 0. The summed E-state index contributed by atoms with van der Waals surface area (Å²) in [5.41, 5.74) is 0.834. The van der Waals surface area contributed by atoms with Gasteiger partial charge < -0.3 is 5.32 Å². The molecule has 0 unspecified atom stereocenters. The number of rotatable bonds is 5. The van der Waals surface area contributed by atoms with Crippen LogP contribution in [0.1, 0.15) is 5.56 Å². The van der Waals surface area contributed by atoms with E-state index in [9.17, 15) is 22.8 Å². The fourth-order valence-corrected chi connectivity index (χ4v) is 3.34. The molecule has 0 saturated heterocycles. The molecular weight excluding hydrogens is 405 g/mol. The number of carbonyl (C=O) groups is 1. The Morgan fingerprint density at radius 1 is 1.17 bits per heavy atom. The summed E-state index contributed by atoms with van der Waals surface area (Å²) in [5, 5.41) is 11.2. The van der Waals surface area contributed by atoms with E-state index in [1.807, 2.05) is 6.07 Å². The number of benzene rings is 2. The van der Waals surface area contributed by atoms with Crippen LogP contribution in [0.4, 0.5) is 13.2 Å². The van der Waals surface area contributed by atoms with E-state index in [1.165, 1.54) is 16.7 Å². The average Bonchev–Trinajstić information content (AvgIpc) is 2.70. The lowest BCUT2D eigenvalue weighted by Crippen LogP contribution is -2.35. The molecule has 2 aromatic carbocycles. The molecule has 0 fully saturated rings. The van der Waals surface area contributed by atoms with Crippen molar-refractivity contribution in [1.82, 2.24) is 14.9 Å². The largest absolute Gasteiger partial charge is 0.405 e. The van der Waals surface area contributed by atoms with Gasteiger partial charge in [0.25, 0.3) is 5.56 Å². The number of fused-ring (bicyclic) bond motifs is 1. The summed E-state index contributed by atoms with van der Waals surface area (Å²) in [6, 6.07) is 14.8. The van der Waals surface area contributed by atoms with Crippen LogP contribution in [0, 0.1) is 11.3 Å². The summed E-state index contributed by atoms with van der Waals surface area (Å²) in [6.45, 7) is -1.43. The van der Waals surface area contributed by atoms with Crippen LogP contribution in [0.2, 0.25) is 0 Å². The molecule has 1 aromatic heterocycles. The number of halogens is 3. The number of nitrogens with one attached hydrogen (secondary N) is 1. The molecule has 148 valence electrons. The fourth-order valence-electron chi connectivity index (χ4n) is 2.50. The topological polar surface area (TPSA) is 87.8 Å². The number of para-hydroxylation sites is 1. The number of alkyl halides is 3. The molecule has 0 bridgehead atoms. The molecule has 0 atom stereocenters. The maximum absolute atomic E-state index is 13.0. The zero-order valence-electron chi connectivity index (χ0n) is 14.7. The zero-order valence-corrected chi connectivity index (χ0v) is 15.5. The highest BCUT2D eigenvalue weighted by molar-refractivity contribution is 7.99. The van der Waals surface area contributed by atoms with Crippen molar-refractivity contribution in [3.05, 3.63) is 64.4 Å². The molecule has 0 spiro atoms. The Morgan fingerprint density at radius 3 is 2.52 bits per heavy atom. The predicted octanol–water partition coefficient (Wildman–Crippen LogP) is 3.03. The van der Waals surface area contributed by atoms with Crippen molar-refractivity contribution in [3.8, 4) is 11.8 Å². The summed E-state index contributed by atoms with van der Waals surface area (Å²) in [5.74, 6) is -1.18. The van der Waals surface area contributed by atoms with Gasteiger partial charge in [0.05, 0.1) is 34.0 Å². The van der Waals surface area contributed by atoms with Crippen molar-refractivity contribution in [2.45, 2.75) is 11.3 Å². The van der Waals surface area contributed by atoms with E-state index in [0.717, 1.165) is 11.8 Å². The Labute approximate surface area is 167 Å². The second-order valence-electron chi connectivity index (χ2n) is 5.89. The molecule has 0 aliphatic rings. The van der Waals surface area contributed by atoms with Gasteiger partial charge in [0.15, 0.2) is 5.16 Å². The maximum Gasteiger partial charge on any atom is 0.405 e. The van der Waals surface area contributed by atoms with Gasteiger partial charge in [-0.3, -0.25) is 14.2 Å². The van der Waals surface area contributed by atoms with E-state index < -0.39 is 24.2 Å². The molecule has 1 amide bonds. The molecule has 3 aromatic rings. The monoisotopic (exact) mass is 418 g/mol. The third-order valence-electron chi connectivity index (χ3n) is 3.82. The molecule has 0 aliphatic carbocycles. The van der Waals surface area contributed by atoms with Crippen molar-refractivity contribution < 1.29 is 18.0 Å². The van der Waals surface area contributed by atoms with Crippen LogP contribution in [0.25, 0.3) is 16.6 Å². The minimum Gasteiger partial charge on any atom is -0.346 e. The first-order valence-electron chi connectivity index (χ1n) is 8.27. The molecule has 10 heteroatoms. The molecule has 6 nitrogen and oxygen atoms in total. The van der Waals surface area contributed by atoms with Crippen molar-refractivity contribution >= 4 is 28.6 Å². The van der Waals surface area contributed by atoms with Gasteiger partial charge in [-0.25, -0.2) is 4.98 Å². The minimum atomic E-state index is -4.51. The molecule has 0 aliphatic heterocycles. The van der Waals surface area contributed by atoms with Gasteiger partial charge in [-0.05, 0) is 36.4 Å². The number of thioether (sulfide) groups is 1. The number of hydrogen-bond donors (Lipinski definition) is 1. The lowest BCUT2D eigenvalue weighted by atomic mass is 10.2. The van der Waals surface area contributed by atoms with Crippen LogP contribution < -0.4 is 10.9 Å². The second-order valence-corrected chi connectivity index (χ2v) is 6.83. The van der Waals surface area contributed by atoms with E-state index in [1.54, 1.807) is 41.7 Å². The molecule has 29 heavy (non-hydrogen) atoms. The van der Waals surface area contributed by atoms with Crippen molar-refractivity contribution in [2.24, 2.45) is 0 Å². The van der Waals surface area contributed by atoms with Gasteiger partial charge in [-0.2, -0.15) is 18.4 Å². The fraction of sp³-hybridized carbons (Fsp3) is 0.158. The lowest BCUT2D eigenvalue weighted by Gasteiger charge is -2.13. The highest BCUT2D eigenvalue weighted by Gasteiger charge is 2.27. The Morgan fingerprint density at radius 2 is 1.86 bits per heavy atom. The van der Waals surface area contributed by atoms with Gasteiger partial charge in [-0.15, -0.1) is 0 Å². The first kappa shape index (κ1) is 20.4. The van der Waals surface area contributed by atoms with Crippen molar-refractivity contribution in [3.63, 3.8) is 0 Å². The minimum absolute atomic E-state index is 0.153. The van der Waals surface area contributed by atoms with Gasteiger partial charge in [0.1, 0.15) is 6.54 Å². The van der Waals surface area contributed by atoms with Crippen LogP contribution in [0.15, 0.2) is 58.5 Å². The van der Waals surface area contributed by atoms with Crippen LogP contribution >= 0.6 is 11.8 Å². The molecule has 1 heterocycles. The number of nitrogens with zero attached hydrogens (tertiary/aromatic N) is 3. The highest BCUT2D eigenvalue weighted by Crippen LogP contribution is 2.21. The van der Waals surface area contributed by atoms with E-state index in [2.05, 4.69) is 4.98 Å². The molecule has 0 saturated carbocycles. The van der Waals surface area contributed by atoms with Crippen LogP contribution in [0.3, 0.4) is 0 Å². The Bertz CT molecular complexity index is 1150. The Hall–Kier alpha value is -3.32. The van der Waals surface area contributed by atoms with Crippen molar-refractivity contribution in [2.75, 3.05) is 12.3 Å².